The van der Waals surface area contributed by atoms with E-state index >= 15 is 0 Å². The van der Waals surface area contributed by atoms with E-state index in [1.165, 1.54) is 0 Å². The number of nitrogens with zero attached hydrogens (tertiary/aromatic N) is 2. The van der Waals surface area contributed by atoms with Gasteiger partial charge in [-0.05, 0) is 34.0 Å². The summed E-state index contributed by atoms with van der Waals surface area (Å²) >= 11 is 0. The Hall–Kier alpha value is -4.02. The van der Waals surface area contributed by atoms with Gasteiger partial charge in [0.25, 0.3) is 12.5 Å². The number of fused-ring (bicyclic) bond motifs is 2. The summed E-state index contributed by atoms with van der Waals surface area (Å²) in [6.07, 6.45) is 3.48. The molecule has 4 aromatic carbocycles. The van der Waals surface area contributed by atoms with E-state index in [4.69, 9.17) is 20.0 Å². The van der Waals surface area contributed by atoms with E-state index in [0.29, 0.717) is 11.5 Å². The maximum atomic E-state index is 8.88. The maximum absolute atomic E-state index is 8.88. The van der Waals surface area contributed by atoms with Crippen LogP contribution in [0.25, 0.3) is 32.7 Å². The minimum atomic E-state index is 0.528. The summed E-state index contributed by atoms with van der Waals surface area (Å²) in [5.41, 5.74) is 2.04. The predicted molar refractivity (Wildman–Crippen MR) is 99.4 cm³/mol. The average Bonchev–Trinajstić information content (AvgIpc) is 2.68. The molecule has 0 spiro atoms. The van der Waals surface area contributed by atoms with Gasteiger partial charge in [0.05, 0.1) is 0 Å². The summed E-state index contributed by atoms with van der Waals surface area (Å²) in [7, 11) is 0. The number of hydrogen-bond donors (Lipinski definition) is 0. The van der Waals surface area contributed by atoms with Crippen LogP contribution in [-0.2, 0) is 0 Å². The van der Waals surface area contributed by atoms with E-state index in [0.717, 1.165) is 32.7 Å². The van der Waals surface area contributed by atoms with Crippen LogP contribution in [0.2, 0.25) is 0 Å². The monoisotopic (exact) mass is 336 g/mol. The van der Waals surface area contributed by atoms with E-state index in [2.05, 4.69) is 0 Å². The van der Waals surface area contributed by atoms with Crippen molar-refractivity contribution in [3.8, 4) is 35.1 Å². The molecule has 0 saturated heterocycles. The Labute approximate surface area is 150 Å². The van der Waals surface area contributed by atoms with Gasteiger partial charge in [-0.3, -0.25) is 0 Å². The SMILES string of the molecule is N#COc1cccc2c(-c3cccc4c(OC#N)cccc34)cccc12. The molecule has 122 valence electrons. The Morgan fingerprint density at radius 1 is 0.500 bits per heavy atom. The largest absolute Gasteiger partial charge is 0.387 e. The van der Waals surface area contributed by atoms with Crippen LogP contribution in [0.1, 0.15) is 0 Å². The van der Waals surface area contributed by atoms with Gasteiger partial charge in [-0.15, -0.1) is 10.5 Å². The molecular weight excluding hydrogens is 324 g/mol. The smallest absolute Gasteiger partial charge is 0.292 e. The van der Waals surface area contributed by atoms with E-state index in [9.17, 15) is 0 Å². The second-order valence-electron chi connectivity index (χ2n) is 5.70. The fraction of sp³-hybridized carbons (Fsp3) is 0. The highest BCUT2D eigenvalue weighted by Crippen LogP contribution is 2.38. The molecule has 0 radical (unpaired) electrons. The van der Waals surface area contributed by atoms with Crippen molar-refractivity contribution in [2.24, 2.45) is 0 Å². The third-order valence-corrected chi connectivity index (χ3v) is 4.37. The first-order chi connectivity index (χ1) is 12.8. The van der Waals surface area contributed by atoms with E-state index in [1.54, 1.807) is 24.6 Å². The van der Waals surface area contributed by atoms with Gasteiger partial charge in [0.2, 0.25) is 0 Å². The molecule has 0 N–H and O–H groups in total. The Bertz CT molecular complexity index is 1120. The highest BCUT2D eigenvalue weighted by molar-refractivity contribution is 6.08. The second kappa shape index (κ2) is 6.47. The molecule has 0 amide bonds. The zero-order valence-corrected chi connectivity index (χ0v) is 13.6. The van der Waals surface area contributed by atoms with Crippen LogP contribution in [0.3, 0.4) is 0 Å². The topological polar surface area (TPSA) is 66.0 Å². The number of ether oxygens (including phenoxy) is 2. The van der Waals surface area contributed by atoms with E-state index in [-0.39, 0.29) is 0 Å². The van der Waals surface area contributed by atoms with Crippen LogP contribution in [0.5, 0.6) is 11.5 Å². The lowest BCUT2D eigenvalue weighted by Gasteiger charge is -2.12. The van der Waals surface area contributed by atoms with Crippen molar-refractivity contribution in [1.29, 1.82) is 10.5 Å². The molecule has 0 saturated carbocycles. The molecule has 4 heteroatoms. The Morgan fingerprint density at radius 3 is 1.31 bits per heavy atom. The molecule has 0 bridgehead atoms. The van der Waals surface area contributed by atoms with Gasteiger partial charge in [0.15, 0.2) is 0 Å². The lowest BCUT2D eigenvalue weighted by Crippen LogP contribution is -1.89. The Balaban J connectivity index is 2.03. The summed E-state index contributed by atoms with van der Waals surface area (Å²) in [6, 6.07) is 23.1. The minimum absolute atomic E-state index is 0.528. The highest BCUT2D eigenvalue weighted by atomic mass is 16.5. The zero-order chi connectivity index (χ0) is 17.9. The van der Waals surface area contributed by atoms with Crippen LogP contribution in [0.4, 0.5) is 0 Å². The maximum Gasteiger partial charge on any atom is 0.292 e. The van der Waals surface area contributed by atoms with Crippen molar-refractivity contribution in [2.75, 3.05) is 0 Å². The van der Waals surface area contributed by atoms with Crippen LogP contribution in [0, 0.1) is 23.0 Å². The molecule has 0 atom stereocenters. The van der Waals surface area contributed by atoms with Gasteiger partial charge in [-0.1, -0.05) is 60.7 Å². The van der Waals surface area contributed by atoms with Crippen molar-refractivity contribution >= 4 is 21.5 Å². The Kier molecular flexibility index (Phi) is 3.86. The van der Waals surface area contributed by atoms with Gasteiger partial charge >= 0.3 is 0 Å². The van der Waals surface area contributed by atoms with Crippen LogP contribution >= 0.6 is 0 Å². The van der Waals surface area contributed by atoms with E-state index in [1.807, 2.05) is 60.7 Å². The van der Waals surface area contributed by atoms with Crippen molar-refractivity contribution in [3.63, 3.8) is 0 Å². The lowest BCUT2D eigenvalue weighted by atomic mass is 9.93. The first-order valence-electron chi connectivity index (χ1n) is 7.99. The molecule has 4 rings (SSSR count). The normalized spacial score (nSPS) is 10.2. The molecule has 0 unspecified atom stereocenters. The molecule has 0 heterocycles. The molecule has 26 heavy (non-hydrogen) atoms. The molecule has 0 aliphatic heterocycles. The third-order valence-electron chi connectivity index (χ3n) is 4.37. The van der Waals surface area contributed by atoms with Crippen molar-refractivity contribution in [2.45, 2.75) is 0 Å². The van der Waals surface area contributed by atoms with Gasteiger partial charge in [-0.25, -0.2) is 0 Å². The fourth-order valence-electron chi connectivity index (χ4n) is 3.31. The molecule has 0 aromatic heterocycles. The number of benzene rings is 4. The zero-order valence-electron chi connectivity index (χ0n) is 13.6. The molecule has 0 fully saturated rings. The molecule has 0 aliphatic carbocycles. The number of nitriles is 2. The van der Waals surface area contributed by atoms with Gasteiger partial charge < -0.3 is 9.47 Å². The van der Waals surface area contributed by atoms with Crippen molar-refractivity contribution in [1.82, 2.24) is 0 Å². The molecular formula is C22H12N2O2. The fourth-order valence-corrected chi connectivity index (χ4v) is 3.31. The molecule has 4 nitrogen and oxygen atoms in total. The standard InChI is InChI=1S/C22H12N2O2/c23-13-25-21-11-3-7-17-15(5-1-9-19(17)21)16-6-2-10-20-18(16)8-4-12-22(20)26-14-24/h1-12H. The van der Waals surface area contributed by atoms with Crippen LogP contribution in [0.15, 0.2) is 72.8 Å². The van der Waals surface area contributed by atoms with Gasteiger partial charge in [-0.2, -0.15) is 0 Å². The summed E-state index contributed by atoms with van der Waals surface area (Å²) in [6.45, 7) is 0. The summed E-state index contributed by atoms with van der Waals surface area (Å²) in [5, 5.41) is 21.5. The van der Waals surface area contributed by atoms with Crippen molar-refractivity contribution < 1.29 is 9.47 Å². The van der Waals surface area contributed by atoms with Crippen LogP contribution in [-0.4, -0.2) is 0 Å². The third kappa shape index (κ3) is 2.47. The molecule has 0 aliphatic rings. The summed E-state index contributed by atoms with van der Waals surface area (Å²) < 4.78 is 10.2. The first-order valence-corrected chi connectivity index (χ1v) is 7.99. The summed E-state index contributed by atoms with van der Waals surface area (Å²) in [5.74, 6) is 1.06. The quantitative estimate of drug-likeness (QED) is 0.471. The second-order valence-corrected chi connectivity index (χ2v) is 5.70. The van der Waals surface area contributed by atoms with Crippen LogP contribution < -0.4 is 9.47 Å². The number of rotatable bonds is 3. The highest BCUT2D eigenvalue weighted by Gasteiger charge is 2.12. The number of hydrogen-bond acceptors (Lipinski definition) is 4. The first kappa shape index (κ1) is 15.5. The van der Waals surface area contributed by atoms with E-state index < -0.39 is 0 Å². The summed E-state index contributed by atoms with van der Waals surface area (Å²) in [4.78, 5) is 0. The lowest BCUT2D eigenvalue weighted by molar-refractivity contribution is 0.513. The van der Waals surface area contributed by atoms with Gasteiger partial charge in [0, 0.05) is 10.8 Å². The minimum Gasteiger partial charge on any atom is -0.387 e. The average molecular weight is 336 g/mol. The predicted octanol–water partition coefficient (Wildman–Crippen LogP) is 5.38. The van der Waals surface area contributed by atoms with Crippen molar-refractivity contribution in [3.05, 3.63) is 72.8 Å². The molecule has 4 aromatic rings. The van der Waals surface area contributed by atoms with Gasteiger partial charge in [0.1, 0.15) is 11.5 Å². The Morgan fingerprint density at radius 2 is 0.885 bits per heavy atom.